The van der Waals surface area contributed by atoms with Crippen LogP contribution in [0.25, 0.3) is 22.0 Å². The third-order valence-electron chi connectivity index (χ3n) is 4.33. The molecule has 2 aromatic heterocycles. The normalized spacial score (nSPS) is 11.0. The van der Waals surface area contributed by atoms with Gasteiger partial charge in [0.1, 0.15) is 0 Å². The number of carbonyl (C=O) groups is 1. The number of aromatic nitrogens is 1. The number of benzene rings is 2. The Hall–Kier alpha value is -2.70. The van der Waals surface area contributed by atoms with E-state index in [1.165, 1.54) is 15.6 Å². The van der Waals surface area contributed by atoms with Gasteiger partial charge >= 0.3 is 5.97 Å². The van der Waals surface area contributed by atoms with E-state index in [4.69, 9.17) is 10.1 Å². The van der Waals surface area contributed by atoms with Crippen LogP contribution in [0.3, 0.4) is 0 Å². The molecule has 0 saturated carbocycles. The van der Waals surface area contributed by atoms with E-state index in [9.17, 15) is 4.79 Å². The van der Waals surface area contributed by atoms with Crippen LogP contribution in [0.2, 0.25) is 0 Å². The van der Waals surface area contributed by atoms with Gasteiger partial charge in [0.25, 0.3) is 0 Å². The van der Waals surface area contributed by atoms with Crippen LogP contribution in [0.4, 0.5) is 5.13 Å². The summed E-state index contributed by atoms with van der Waals surface area (Å²) in [7, 11) is 0. The highest BCUT2D eigenvalue weighted by Gasteiger charge is 2.15. The van der Waals surface area contributed by atoms with Gasteiger partial charge in [-0.1, -0.05) is 42.5 Å². The molecular formula is C21H18N2O2S2. The van der Waals surface area contributed by atoms with Crippen LogP contribution >= 0.6 is 22.7 Å². The minimum Gasteiger partial charge on any atom is -0.481 e. The van der Waals surface area contributed by atoms with Gasteiger partial charge in [0, 0.05) is 22.4 Å². The van der Waals surface area contributed by atoms with Crippen molar-refractivity contribution in [3.05, 3.63) is 70.2 Å². The first-order chi connectivity index (χ1) is 13.2. The van der Waals surface area contributed by atoms with E-state index < -0.39 is 5.97 Å². The molecular weight excluding hydrogens is 376 g/mol. The van der Waals surface area contributed by atoms with Gasteiger partial charge in [0.2, 0.25) is 0 Å². The Labute approximate surface area is 165 Å². The molecule has 0 bridgehead atoms. The van der Waals surface area contributed by atoms with Crippen molar-refractivity contribution in [1.82, 2.24) is 4.98 Å². The maximum absolute atomic E-state index is 11.0. The summed E-state index contributed by atoms with van der Waals surface area (Å²) in [6.07, 6.45) is 0.0935. The van der Waals surface area contributed by atoms with E-state index in [2.05, 4.69) is 41.3 Å². The largest absolute Gasteiger partial charge is 0.481 e. The summed E-state index contributed by atoms with van der Waals surface area (Å²) in [5.74, 6) is -0.794. The van der Waals surface area contributed by atoms with Crippen LogP contribution in [-0.2, 0) is 11.3 Å². The fourth-order valence-electron chi connectivity index (χ4n) is 2.95. The zero-order valence-corrected chi connectivity index (χ0v) is 16.2. The zero-order chi connectivity index (χ0) is 18.6. The van der Waals surface area contributed by atoms with Gasteiger partial charge in [-0.05, 0) is 28.3 Å². The van der Waals surface area contributed by atoms with Crippen molar-refractivity contribution in [1.29, 1.82) is 0 Å². The summed E-state index contributed by atoms with van der Waals surface area (Å²) in [4.78, 5) is 19.1. The van der Waals surface area contributed by atoms with Crippen LogP contribution in [0, 0.1) is 0 Å². The molecule has 6 heteroatoms. The lowest BCUT2D eigenvalue weighted by molar-refractivity contribution is -0.136. The molecule has 136 valence electrons. The van der Waals surface area contributed by atoms with Gasteiger partial charge in [0.15, 0.2) is 5.13 Å². The molecule has 0 atom stereocenters. The van der Waals surface area contributed by atoms with E-state index >= 15 is 0 Å². The number of thiophene rings is 1. The molecule has 0 saturated heterocycles. The Morgan fingerprint density at radius 3 is 2.67 bits per heavy atom. The second kappa shape index (κ2) is 7.90. The number of thiazole rings is 1. The highest BCUT2D eigenvalue weighted by Crippen LogP contribution is 2.30. The Bertz CT molecular complexity index is 1060. The van der Waals surface area contributed by atoms with Crippen molar-refractivity contribution in [3.63, 3.8) is 0 Å². The zero-order valence-electron chi connectivity index (χ0n) is 14.5. The molecule has 27 heavy (non-hydrogen) atoms. The third-order valence-corrected chi connectivity index (χ3v) is 6.09. The van der Waals surface area contributed by atoms with Gasteiger partial charge in [-0.3, -0.25) is 4.79 Å². The van der Waals surface area contributed by atoms with Crippen LogP contribution in [0.5, 0.6) is 0 Å². The standard InChI is InChI=1S/C21H18N2O2S2/c24-20(25)9-10-23(13-18-6-3-11-26-18)21-22-19(14-27-21)17-8-7-15-4-1-2-5-16(15)12-17/h1-8,11-12,14H,9-10,13H2,(H,24,25). The quantitative estimate of drug-likeness (QED) is 0.449. The lowest BCUT2D eigenvalue weighted by Crippen LogP contribution is -2.25. The molecule has 2 aromatic carbocycles. The van der Waals surface area contributed by atoms with E-state index in [0.717, 1.165) is 16.4 Å². The Balaban J connectivity index is 1.61. The number of carboxylic acid groups (broad SMARTS) is 1. The molecule has 4 rings (SSSR count). The van der Waals surface area contributed by atoms with Crippen LogP contribution < -0.4 is 4.90 Å². The van der Waals surface area contributed by atoms with Crippen molar-refractivity contribution in [2.75, 3.05) is 11.4 Å². The minimum absolute atomic E-state index is 0.0935. The average molecular weight is 395 g/mol. The minimum atomic E-state index is -0.794. The summed E-state index contributed by atoms with van der Waals surface area (Å²) in [6.45, 7) is 1.12. The van der Waals surface area contributed by atoms with Crippen LogP contribution in [0.15, 0.2) is 65.4 Å². The van der Waals surface area contributed by atoms with Gasteiger partial charge in [-0.25, -0.2) is 4.98 Å². The first-order valence-electron chi connectivity index (χ1n) is 8.63. The van der Waals surface area contributed by atoms with Crippen molar-refractivity contribution in [2.24, 2.45) is 0 Å². The Morgan fingerprint density at radius 2 is 1.89 bits per heavy atom. The summed E-state index contributed by atoms with van der Waals surface area (Å²) in [5.41, 5.74) is 2.00. The number of carboxylic acids is 1. The van der Waals surface area contributed by atoms with E-state index in [-0.39, 0.29) is 6.42 Å². The highest BCUT2D eigenvalue weighted by atomic mass is 32.1. The van der Waals surface area contributed by atoms with Gasteiger partial charge in [-0.2, -0.15) is 0 Å². The smallest absolute Gasteiger partial charge is 0.305 e. The molecule has 0 fully saturated rings. The summed E-state index contributed by atoms with van der Waals surface area (Å²) in [5, 5.41) is 16.4. The molecule has 0 radical (unpaired) electrons. The van der Waals surface area contributed by atoms with Gasteiger partial charge in [-0.15, -0.1) is 22.7 Å². The lowest BCUT2D eigenvalue weighted by Gasteiger charge is -2.20. The lowest BCUT2D eigenvalue weighted by atomic mass is 10.1. The number of hydrogen-bond acceptors (Lipinski definition) is 5. The maximum Gasteiger partial charge on any atom is 0.305 e. The highest BCUT2D eigenvalue weighted by molar-refractivity contribution is 7.14. The molecule has 0 aliphatic heterocycles. The van der Waals surface area contributed by atoms with Crippen molar-refractivity contribution < 1.29 is 9.90 Å². The molecule has 0 spiro atoms. The van der Waals surface area contributed by atoms with Crippen molar-refractivity contribution >= 4 is 44.5 Å². The number of fused-ring (bicyclic) bond motifs is 1. The fraction of sp³-hybridized carbons (Fsp3) is 0.143. The van der Waals surface area contributed by atoms with E-state index in [1.807, 2.05) is 29.0 Å². The van der Waals surface area contributed by atoms with E-state index in [0.29, 0.717) is 13.1 Å². The van der Waals surface area contributed by atoms with Gasteiger partial charge in [0.05, 0.1) is 18.7 Å². The number of hydrogen-bond donors (Lipinski definition) is 1. The summed E-state index contributed by atoms with van der Waals surface area (Å²) in [6, 6.07) is 18.7. The number of nitrogens with zero attached hydrogens (tertiary/aromatic N) is 2. The molecule has 0 aliphatic rings. The van der Waals surface area contributed by atoms with Crippen LogP contribution in [-0.4, -0.2) is 22.6 Å². The number of aliphatic carboxylic acids is 1. The number of anilines is 1. The molecule has 4 aromatic rings. The molecule has 0 amide bonds. The average Bonchev–Trinajstić information content (AvgIpc) is 3.36. The third kappa shape index (κ3) is 4.18. The molecule has 0 unspecified atom stereocenters. The topological polar surface area (TPSA) is 53.4 Å². The predicted molar refractivity (Wildman–Crippen MR) is 113 cm³/mol. The predicted octanol–water partition coefficient (Wildman–Crippen LogP) is 5.51. The Morgan fingerprint density at radius 1 is 1.04 bits per heavy atom. The number of rotatable bonds is 7. The van der Waals surface area contributed by atoms with E-state index in [1.54, 1.807) is 22.7 Å². The summed E-state index contributed by atoms with van der Waals surface area (Å²) < 4.78 is 0. The molecule has 0 aliphatic carbocycles. The van der Waals surface area contributed by atoms with Crippen molar-refractivity contribution in [2.45, 2.75) is 13.0 Å². The van der Waals surface area contributed by atoms with Crippen molar-refractivity contribution in [3.8, 4) is 11.3 Å². The van der Waals surface area contributed by atoms with Gasteiger partial charge < -0.3 is 10.0 Å². The second-order valence-corrected chi connectivity index (χ2v) is 8.09. The monoisotopic (exact) mass is 394 g/mol. The maximum atomic E-state index is 11.0. The fourth-order valence-corrected chi connectivity index (χ4v) is 4.54. The molecule has 1 N–H and O–H groups in total. The first kappa shape index (κ1) is 17.7. The molecule has 4 nitrogen and oxygen atoms in total. The summed E-state index contributed by atoms with van der Waals surface area (Å²) >= 11 is 3.23. The molecule has 2 heterocycles. The van der Waals surface area contributed by atoms with Crippen LogP contribution in [0.1, 0.15) is 11.3 Å². The first-order valence-corrected chi connectivity index (χ1v) is 10.4. The second-order valence-electron chi connectivity index (χ2n) is 6.22. The Kier molecular flexibility index (Phi) is 5.18. The SMILES string of the molecule is O=C(O)CCN(Cc1cccs1)c1nc(-c2ccc3ccccc3c2)cs1.